The summed E-state index contributed by atoms with van der Waals surface area (Å²) in [4.78, 5) is 0.533. The van der Waals surface area contributed by atoms with Gasteiger partial charge >= 0.3 is 0 Å². The van der Waals surface area contributed by atoms with Crippen molar-refractivity contribution >= 4 is 35.8 Å². The van der Waals surface area contributed by atoms with Crippen LogP contribution in [-0.4, -0.2) is 83.3 Å². The van der Waals surface area contributed by atoms with E-state index in [1.54, 1.807) is 4.90 Å². The molecule has 34 heavy (non-hydrogen) atoms. The highest BCUT2D eigenvalue weighted by atomic mass is 32.2. The van der Waals surface area contributed by atoms with Crippen LogP contribution in [-0.2, 0) is 30.1 Å². The van der Waals surface area contributed by atoms with Crippen molar-refractivity contribution in [3.05, 3.63) is 12.1 Å². The summed E-state index contributed by atoms with van der Waals surface area (Å²) in [5.41, 5.74) is 0.172. The van der Waals surface area contributed by atoms with Crippen molar-refractivity contribution in [3.8, 4) is 11.4 Å². The average molecular weight is 536 g/mol. The topological polar surface area (TPSA) is 236 Å². The molecule has 2 aliphatic rings. The number of nitrogens with zero attached hydrogens (tertiary/aromatic N) is 4. The molecule has 0 bridgehead atoms. The molecule has 1 aromatic heterocycles. The summed E-state index contributed by atoms with van der Waals surface area (Å²) in [6.45, 7) is 1.47. The Balaban J connectivity index is 1.85. The van der Waals surface area contributed by atoms with Crippen LogP contribution in [0.1, 0.15) is 19.3 Å². The first-order valence-corrected chi connectivity index (χ1v) is 15.0. The van der Waals surface area contributed by atoms with Crippen molar-refractivity contribution in [2.45, 2.75) is 40.3 Å². The first kappa shape index (κ1) is 24.9. The normalized spacial score (nSPS) is 20.6. The fourth-order valence-electron chi connectivity index (χ4n) is 4.27. The molecule has 2 fully saturated rings. The summed E-state index contributed by atoms with van der Waals surface area (Å²) < 4.78 is 77.9. The second kappa shape index (κ2) is 9.10. The molecule has 2 aromatic rings. The van der Waals surface area contributed by atoms with Crippen LogP contribution in [0.15, 0.2) is 21.9 Å². The van der Waals surface area contributed by atoms with Gasteiger partial charge in [-0.3, -0.25) is 0 Å². The number of sulfonamides is 3. The lowest BCUT2D eigenvalue weighted by Gasteiger charge is -2.34. The molecule has 2 saturated heterocycles. The number of hydrogen-bond acceptors (Lipinski definition) is 11. The number of aromatic amines is 1. The summed E-state index contributed by atoms with van der Waals surface area (Å²) in [7, 11) is -12.6. The van der Waals surface area contributed by atoms with Crippen LogP contribution < -0.4 is 25.2 Å². The van der Waals surface area contributed by atoms with E-state index in [9.17, 15) is 25.3 Å². The van der Waals surface area contributed by atoms with E-state index in [0.29, 0.717) is 19.5 Å². The zero-order valence-corrected chi connectivity index (χ0v) is 20.3. The van der Waals surface area contributed by atoms with Crippen LogP contribution in [0.5, 0.6) is 0 Å². The average Bonchev–Trinajstić information content (AvgIpc) is 3.45. The lowest BCUT2D eigenvalue weighted by molar-refractivity contribution is 0.530. The van der Waals surface area contributed by atoms with Crippen LogP contribution in [0.2, 0.25) is 0 Å². The Kier molecular flexibility index (Phi) is 6.66. The van der Waals surface area contributed by atoms with Gasteiger partial charge in [0.25, 0.3) is 0 Å². The molecule has 7 N–H and O–H groups in total. The van der Waals surface area contributed by atoms with Crippen LogP contribution in [0.4, 0.5) is 5.69 Å². The molecule has 188 valence electrons. The van der Waals surface area contributed by atoms with Crippen molar-refractivity contribution in [2.75, 3.05) is 31.1 Å². The predicted molar refractivity (Wildman–Crippen MR) is 121 cm³/mol. The van der Waals surface area contributed by atoms with E-state index in [4.69, 9.17) is 10.3 Å². The Bertz CT molecular complexity index is 1360. The van der Waals surface area contributed by atoms with Gasteiger partial charge in [0.2, 0.25) is 30.1 Å². The smallest absolute Gasteiger partial charge is 0.242 e. The Morgan fingerprint density at radius 2 is 1.74 bits per heavy atom. The second-order valence-corrected chi connectivity index (χ2v) is 13.2. The van der Waals surface area contributed by atoms with E-state index in [2.05, 4.69) is 30.7 Å². The van der Waals surface area contributed by atoms with Crippen molar-refractivity contribution in [3.63, 3.8) is 0 Å². The largest absolute Gasteiger partial charge is 0.371 e. The molecule has 3 heterocycles. The van der Waals surface area contributed by atoms with E-state index in [-0.39, 0.29) is 43.0 Å². The molecular weight excluding hydrogens is 510 g/mol. The van der Waals surface area contributed by atoms with Gasteiger partial charge < -0.3 is 10.2 Å². The molecule has 0 saturated carbocycles. The van der Waals surface area contributed by atoms with Gasteiger partial charge in [-0.15, -0.1) is 5.10 Å². The van der Waals surface area contributed by atoms with E-state index >= 15 is 0 Å². The summed E-state index contributed by atoms with van der Waals surface area (Å²) in [6, 6.07) is 2.19. The van der Waals surface area contributed by atoms with E-state index in [1.807, 2.05) is 0 Å². The minimum atomic E-state index is -4.59. The number of hydrogen-bond donors (Lipinski definition) is 5. The number of nitrogens with one attached hydrogen (secondary N) is 3. The molecule has 0 amide bonds. The van der Waals surface area contributed by atoms with Crippen molar-refractivity contribution in [2.24, 2.45) is 10.3 Å². The van der Waals surface area contributed by atoms with Gasteiger partial charge in [-0.1, -0.05) is 0 Å². The third-order valence-electron chi connectivity index (χ3n) is 5.89. The summed E-state index contributed by atoms with van der Waals surface area (Å²) in [6.07, 6.45) is 0.946. The maximum absolute atomic E-state index is 13.2. The quantitative estimate of drug-likeness (QED) is 0.246. The van der Waals surface area contributed by atoms with Crippen LogP contribution >= 0.6 is 0 Å². The first-order chi connectivity index (χ1) is 15.9. The number of tetrazole rings is 1. The summed E-state index contributed by atoms with van der Waals surface area (Å²) in [5.74, 6) is -0.104. The van der Waals surface area contributed by atoms with Gasteiger partial charge in [0, 0.05) is 31.4 Å². The molecule has 4 rings (SSSR count). The van der Waals surface area contributed by atoms with E-state index < -0.39 is 51.2 Å². The molecule has 1 aromatic carbocycles. The molecule has 15 nitrogen and oxygen atoms in total. The van der Waals surface area contributed by atoms with E-state index in [1.165, 1.54) is 12.1 Å². The SMILES string of the molecule is NS(=O)(=O)c1c(S(=O)(=O)N[C@@H]2CCNC2)ccc(N2CCC(S(N)(=O)=O)CC2)c1-c1nnn[nH]1. The van der Waals surface area contributed by atoms with Gasteiger partial charge in [0.05, 0.1) is 10.8 Å². The highest BCUT2D eigenvalue weighted by molar-refractivity contribution is 7.92. The number of rotatable bonds is 7. The Morgan fingerprint density at radius 3 is 2.26 bits per heavy atom. The number of piperidine rings is 1. The first-order valence-electron chi connectivity index (χ1n) is 10.3. The molecule has 1 atom stereocenters. The highest BCUT2D eigenvalue weighted by Gasteiger charge is 2.35. The Labute approximate surface area is 196 Å². The van der Waals surface area contributed by atoms with Gasteiger partial charge in [-0.25, -0.2) is 45.4 Å². The lowest BCUT2D eigenvalue weighted by Crippen LogP contribution is -2.42. The minimum Gasteiger partial charge on any atom is -0.371 e. The third-order valence-corrected chi connectivity index (χ3v) is 9.97. The summed E-state index contributed by atoms with van der Waals surface area (Å²) in [5, 5.41) is 26.3. The molecule has 0 radical (unpaired) electrons. The number of H-pyrrole nitrogens is 1. The molecule has 2 aliphatic heterocycles. The predicted octanol–water partition coefficient (Wildman–Crippen LogP) is -2.59. The monoisotopic (exact) mass is 535 g/mol. The number of benzene rings is 1. The number of aromatic nitrogens is 4. The van der Waals surface area contributed by atoms with Gasteiger partial charge in [-0.05, 0) is 48.4 Å². The number of primary sulfonamides is 2. The Hall–Kier alpha value is -2.22. The van der Waals surface area contributed by atoms with Crippen molar-refractivity contribution in [1.82, 2.24) is 30.7 Å². The Morgan fingerprint density at radius 1 is 1.03 bits per heavy atom. The number of anilines is 1. The van der Waals surface area contributed by atoms with Crippen LogP contribution in [0.25, 0.3) is 11.4 Å². The maximum atomic E-state index is 13.2. The maximum Gasteiger partial charge on any atom is 0.242 e. The zero-order valence-electron chi connectivity index (χ0n) is 17.9. The van der Waals surface area contributed by atoms with Crippen LogP contribution in [0.3, 0.4) is 0 Å². The van der Waals surface area contributed by atoms with Crippen molar-refractivity contribution < 1.29 is 25.3 Å². The molecule has 0 unspecified atom stereocenters. The van der Waals surface area contributed by atoms with Crippen molar-refractivity contribution in [1.29, 1.82) is 0 Å². The third kappa shape index (κ3) is 5.07. The van der Waals surface area contributed by atoms with Gasteiger partial charge in [-0.2, -0.15) is 0 Å². The molecule has 18 heteroatoms. The molecule has 0 aliphatic carbocycles. The summed E-state index contributed by atoms with van der Waals surface area (Å²) >= 11 is 0. The molecular formula is C16H25N9O6S3. The molecule has 0 spiro atoms. The van der Waals surface area contributed by atoms with Gasteiger partial charge in [0.1, 0.15) is 9.79 Å². The second-order valence-electron chi connectivity index (χ2n) is 8.17. The minimum absolute atomic E-state index is 0.104. The fourth-order valence-corrected chi connectivity index (χ4v) is 8.01. The number of nitrogens with two attached hydrogens (primary N) is 2. The van der Waals surface area contributed by atoms with E-state index in [0.717, 1.165) is 0 Å². The zero-order chi connectivity index (χ0) is 24.7. The standard InChI is InChI=1S/C16H25N9O6S3/c17-32(26,27)11-4-7-25(8-5-11)12-1-2-13(34(30,31)22-10-3-6-19-9-10)15(33(18,28)29)14(12)16-20-23-24-21-16/h1-2,10-11,19,22H,3-9H2,(H2,17,26,27)(H2,18,28,29)(H,20,21,23,24)/t10-/m1/s1. The van der Waals surface area contributed by atoms with Gasteiger partial charge in [0.15, 0.2) is 5.82 Å². The fraction of sp³-hybridized carbons (Fsp3) is 0.562. The highest BCUT2D eigenvalue weighted by Crippen LogP contribution is 2.39. The lowest BCUT2D eigenvalue weighted by atomic mass is 10.1. The van der Waals surface area contributed by atoms with Crippen LogP contribution in [0, 0.1) is 0 Å².